The van der Waals surface area contributed by atoms with Crippen molar-refractivity contribution in [3.05, 3.63) is 64.9 Å². The van der Waals surface area contributed by atoms with Crippen molar-refractivity contribution < 1.29 is 13.9 Å². The molecule has 9 nitrogen and oxygen atoms in total. The molecule has 0 radical (unpaired) electrons. The molecule has 4 heterocycles. The second-order valence-corrected chi connectivity index (χ2v) is 10.9. The Morgan fingerprint density at radius 1 is 1.20 bits per heavy atom. The van der Waals surface area contributed by atoms with Gasteiger partial charge in [-0.15, -0.1) is 0 Å². The van der Waals surface area contributed by atoms with E-state index in [1.54, 1.807) is 11.0 Å². The SMILES string of the molecule is [C-]#[N+]C[C@H]1CN(c2nc(OC[C@@H]3CCCN3C)nc3c2CCCN(c2cccc(F)c2C)C3)CCN1C(=O)C=C. The quantitative estimate of drug-likeness (QED) is 0.388. The van der Waals surface area contributed by atoms with Crippen molar-refractivity contribution in [1.29, 1.82) is 0 Å². The molecule has 212 valence electrons. The maximum Gasteiger partial charge on any atom is 0.318 e. The van der Waals surface area contributed by atoms with Crippen LogP contribution in [-0.4, -0.2) is 90.7 Å². The fourth-order valence-electron chi connectivity index (χ4n) is 6.14. The zero-order valence-electron chi connectivity index (χ0n) is 23.5. The van der Waals surface area contributed by atoms with Crippen molar-refractivity contribution in [3.63, 3.8) is 0 Å². The van der Waals surface area contributed by atoms with Gasteiger partial charge in [0.25, 0.3) is 0 Å². The Labute approximate surface area is 236 Å². The van der Waals surface area contributed by atoms with Crippen molar-refractivity contribution in [2.75, 3.05) is 62.7 Å². The standard InChI is InChI=1S/C30H38FN7O2/c1-5-28(39)38-16-15-37(18-23(38)17-32-3)29-24-10-8-14-36(27-12-6-11-25(31)21(27)2)19-26(24)33-30(34-29)40-20-22-9-7-13-35(22)4/h5-6,11-12,22-23H,1,7-10,13-20H2,2,4H3/t22-,23-/m0/s1. The summed E-state index contributed by atoms with van der Waals surface area (Å²) in [6.45, 7) is 17.6. The highest BCUT2D eigenvalue weighted by Crippen LogP contribution is 2.33. The molecule has 0 spiro atoms. The second-order valence-electron chi connectivity index (χ2n) is 10.9. The number of amides is 1. The van der Waals surface area contributed by atoms with Crippen LogP contribution in [0.25, 0.3) is 4.85 Å². The van der Waals surface area contributed by atoms with E-state index in [1.807, 2.05) is 13.0 Å². The van der Waals surface area contributed by atoms with Gasteiger partial charge in [0, 0.05) is 49.0 Å². The van der Waals surface area contributed by atoms with Crippen molar-refractivity contribution in [3.8, 4) is 6.01 Å². The zero-order valence-corrected chi connectivity index (χ0v) is 23.5. The van der Waals surface area contributed by atoms with Crippen LogP contribution in [0.15, 0.2) is 30.9 Å². The van der Waals surface area contributed by atoms with Crippen LogP contribution >= 0.6 is 0 Å². The number of carbonyl (C=O) groups is 1. The molecule has 10 heteroatoms. The molecule has 2 saturated heterocycles. The molecule has 3 aliphatic rings. The maximum absolute atomic E-state index is 14.5. The van der Waals surface area contributed by atoms with Crippen molar-refractivity contribution in [1.82, 2.24) is 19.8 Å². The first-order valence-electron chi connectivity index (χ1n) is 14.1. The number of hydrogen-bond acceptors (Lipinski definition) is 7. The van der Waals surface area contributed by atoms with E-state index in [4.69, 9.17) is 21.3 Å². The van der Waals surface area contributed by atoms with E-state index in [-0.39, 0.29) is 24.3 Å². The number of ether oxygens (including phenoxy) is 1. The van der Waals surface area contributed by atoms with E-state index >= 15 is 0 Å². The summed E-state index contributed by atoms with van der Waals surface area (Å²) in [4.78, 5) is 34.4. The van der Waals surface area contributed by atoms with E-state index in [0.717, 1.165) is 61.5 Å². The number of fused-ring (bicyclic) bond motifs is 1. The lowest BCUT2D eigenvalue weighted by Crippen LogP contribution is -2.56. The molecular formula is C30H38FN7O2. The second kappa shape index (κ2) is 12.2. The third-order valence-electron chi connectivity index (χ3n) is 8.44. The Morgan fingerprint density at radius 2 is 2.05 bits per heavy atom. The van der Waals surface area contributed by atoms with Crippen LogP contribution in [0.1, 0.15) is 36.1 Å². The molecular weight excluding hydrogens is 509 g/mol. The number of aromatic nitrogens is 2. The average molecular weight is 548 g/mol. The fraction of sp³-hybridized carbons (Fsp3) is 0.533. The van der Waals surface area contributed by atoms with Gasteiger partial charge in [-0.1, -0.05) is 12.6 Å². The van der Waals surface area contributed by atoms with Gasteiger partial charge >= 0.3 is 6.01 Å². The summed E-state index contributed by atoms with van der Waals surface area (Å²) in [7, 11) is 2.12. The van der Waals surface area contributed by atoms with Crippen LogP contribution in [-0.2, 0) is 17.8 Å². The Balaban J connectivity index is 1.49. The third kappa shape index (κ3) is 5.75. The molecule has 0 N–H and O–H groups in total. The Morgan fingerprint density at radius 3 is 2.80 bits per heavy atom. The third-order valence-corrected chi connectivity index (χ3v) is 8.44. The minimum Gasteiger partial charge on any atom is -0.462 e. The Hall–Kier alpha value is -3.71. The summed E-state index contributed by atoms with van der Waals surface area (Å²) in [5.41, 5.74) is 3.45. The first-order chi connectivity index (χ1) is 19.4. The molecule has 1 amide bonds. The van der Waals surface area contributed by atoms with Gasteiger partial charge in [-0.3, -0.25) is 4.79 Å². The van der Waals surface area contributed by atoms with E-state index < -0.39 is 0 Å². The highest BCUT2D eigenvalue weighted by atomic mass is 19.1. The fourth-order valence-corrected chi connectivity index (χ4v) is 6.14. The summed E-state index contributed by atoms with van der Waals surface area (Å²) < 4.78 is 20.7. The predicted molar refractivity (Wildman–Crippen MR) is 153 cm³/mol. The number of likely N-dealkylation sites (tertiary alicyclic amines) is 1. The van der Waals surface area contributed by atoms with Gasteiger partial charge in [-0.2, -0.15) is 9.97 Å². The predicted octanol–water partition coefficient (Wildman–Crippen LogP) is 3.47. The van der Waals surface area contributed by atoms with Gasteiger partial charge in [0.1, 0.15) is 24.3 Å². The van der Waals surface area contributed by atoms with Gasteiger partial charge in [0.05, 0.1) is 12.2 Å². The molecule has 40 heavy (non-hydrogen) atoms. The van der Waals surface area contributed by atoms with Gasteiger partial charge in [-0.25, -0.2) is 11.0 Å². The number of rotatable bonds is 7. The number of likely N-dealkylation sites (N-methyl/N-ethyl adjacent to an activating group) is 1. The highest BCUT2D eigenvalue weighted by molar-refractivity contribution is 5.87. The van der Waals surface area contributed by atoms with Crippen LogP contribution in [0.3, 0.4) is 0 Å². The normalized spacial score (nSPS) is 21.5. The summed E-state index contributed by atoms with van der Waals surface area (Å²) in [5, 5.41) is 0. The van der Waals surface area contributed by atoms with E-state index in [2.05, 4.69) is 33.2 Å². The molecule has 0 aliphatic carbocycles. The van der Waals surface area contributed by atoms with Crippen LogP contribution in [0.4, 0.5) is 15.9 Å². The molecule has 0 unspecified atom stereocenters. The first kappa shape index (κ1) is 27.8. The summed E-state index contributed by atoms with van der Waals surface area (Å²) in [5.74, 6) is 0.451. The molecule has 3 aliphatic heterocycles. The van der Waals surface area contributed by atoms with Crippen molar-refractivity contribution >= 4 is 17.4 Å². The van der Waals surface area contributed by atoms with E-state index in [9.17, 15) is 9.18 Å². The molecule has 0 bridgehead atoms. The molecule has 2 fully saturated rings. The number of hydrogen-bond donors (Lipinski definition) is 0. The van der Waals surface area contributed by atoms with Crippen molar-refractivity contribution in [2.24, 2.45) is 0 Å². The zero-order chi connectivity index (χ0) is 28.2. The number of piperazine rings is 1. The lowest BCUT2D eigenvalue weighted by molar-refractivity contribution is -0.128. The van der Waals surface area contributed by atoms with Crippen LogP contribution in [0, 0.1) is 19.3 Å². The minimum absolute atomic E-state index is 0.152. The molecule has 2 atom stereocenters. The molecule has 0 saturated carbocycles. The summed E-state index contributed by atoms with van der Waals surface area (Å²) >= 11 is 0. The van der Waals surface area contributed by atoms with E-state index in [0.29, 0.717) is 50.4 Å². The van der Waals surface area contributed by atoms with Gasteiger partial charge < -0.3 is 29.2 Å². The van der Waals surface area contributed by atoms with Crippen LogP contribution in [0.5, 0.6) is 6.01 Å². The molecule has 5 rings (SSSR count). The van der Waals surface area contributed by atoms with Gasteiger partial charge in [-0.05, 0) is 64.4 Å². The van der Waals surface area contributed by atoms with Crippen LogP contribution in [0.2, 0.25) is 0 Å². The van der Waals surface area contributed by atoms with Gasteiger partial charge in [0.2, 0.25) is 12.5 Å². The first-order valence-corrected chi connectivity index (χ1v) is 14.1. The van der Waals surface area contributed by atoms with Crippen LogP contribution < -0.4 is 14.5 Å². The minimum atomic E-state index is -0.254. The van der Waals surface area contributed by atoms with Gasteiger partial charge in [0.15, 0.2) is 0 Å². The number of nitrogens with zero attached hydrogens (tertiary/aromatic N) is 7. The Bertz CT molecular complexity index is 1300. The largest absolute Gasteiger partial charge is 0.462 e. The molecule has 2 aromatic rings. The highest BCUT2D eigenvalue weighted by Gasteiger charge is 2.34. The topological polar surface area (TPSA) is 69.4 Å². The number of halogens is 1. The summed E-state index contributed by atoms with van der Waals surface area (Å²) in [6.07, 6.45) is 5.20. The lowest BCUT2D eigenvalue weighted by atomic mass is 10.1. The smallest absolute Gasteiger partial charge is 0.318 e. The Kier molecular flexibility index (Phi) is 8.50. The number of anilines is 2. The monoisotopic (exact) mass is 547 g/mol. The average Bonchev–Trinajstić information content (AvgIpc) is 3.25. The number of carbonyl (C=O) groups excluding carboxylic acids is 1. The maximum atomic E-state index is 14.5. The molecule has 1 aromatic heterocycles. The molecule has 1 aromatic carbocycles. The lowest BCUT2D eigenvalue weighted by Gasteiger charge is -2.40. The van der Waals surface area contributed by atoms with Crippen molar-refractivity contribution in [2.45, 2.75) is 51.2 Å². The van der Waals surface area contributed by atoms with E-state index in [1.165, 1.54) is 12.1 Å². The number of benzene rings is 1. The summed E-state index contributed by atoms with van der Waals surface area (Å²) in [6, 6.07) is 5.63.